The summed E-state index contributed by atoms with van der Waals surface area (Å²) < 4.78 is 43.4. The van der Waals surface area contributed by atoms with E-state index in [-0.39, 0.29) is 0 Å². The molecule has 1 amide bonds. The average Bonchev–Trinajstić information content (AvgIpc) is 3.15. The highest BCUT2D eigenvalue weighted by Crippen LogP contribution is 2.27. The van der Waals surface area contributed by atoms with Crippen LogP contribution in [-0.4, -0.2) is 38.6 Å². The molecule has 2 rings (SSSR count). The number of carbonyl (C=O) groups excluding carboxylic acids is 1. The molecule has 6 nitrogen and oxygen atoms in total. The molecule has 24 heavy (non-hydrogen) atoms. The van der Waals surface area contributed by atoms with Gasteiger partial charge in [-0.2, -0.15) is 13.2 Å². The molecule has 0 fully saturated rings. The molecule has 10 heteroatoms. The van der Waals surface area contributed by atoms with Crippen molar-refractivity contribution in [2.75, 3.05) is 6.54 Å². The standard InChI is InChI=1S/C14H15F3N4O2S/c1-3-6-21-11(10-5-4-7-23-10)19-20-13(21)24-9(2)12(22)18-8-14(15,16)17/h3-5,7,9H,1,6,8H2,2H3,(H,18,22). The van der Waals surface area contributed by atoms with Crippen LogP contribution in [-0.2, 0) is 11.3 Å². The fourth-order valence-electron chi connectivity index (χ4n) is 1.80. The highest BCUT2D eigenvalue weighted by molar-refractivity contribution is 8.00. The molecular weight excluding hydrogens is 345 g/mol. The van der Waals surface area contributed by atoms with Crippen molar-refractivity contribution >= 4 is 17.7 Å². The van der Waals surface area contributed by atoms with Gasteiger partial charge in [0.15, 0.2) is 10.9 Å². The van der Waals surface area contributed by atoms with Crippen LogP contribution in [0, 0.1) is 0 Å². The molecule has 0 aromatic carbocycles. The number of nitrogens with one attached hydrogen (secondary N) is 1. The van der Waals surface area contributed by atoms with E-state index in [1.165, 1.54) is 13.2 Å². The van der Waals surface area contributed by atoms with Crippen LogP contribution in [0.4, 0.5) is 13.2 Å². The van der Waals surface area contributed by atoms with E-state index in [0.29, 0.717) is 23.3 Å². The number of nitrogens with zero attached hydrogens (tertiary/aromatic N) is 3. The van der Waals surface area contributed by atoms with Gasteiger partial charge in [-0.3, -0.25) is 9.36 Å². The maximum Gasteiger partial charge on any atom is 0.405 e. The van der Waals surface area contributed by atoms with Gasteiger partial charge in [0.1, 0.15) is 6.54 Å². The zero-order valence-electron chi connectivity index (χ0n) is 12.7. The highest BCUT2D eigenvalue weighted by Gasteiger charge is 2.29. The first-order valence-corrected chi connectivity index (χ1v) is 7.79. The maximum atomic E-state index is 12.2. The predicted octanol–water partition coefficient (Wildman–Crippen LogP) is 2.88. The minimum Gasteiger partial charge on any atom is -0.461 e. The summed E-state index contributed by atoms with van der Waals surface area (Å²) in [6, 6.07) is 3.40. The number of hydrogen-bond acceptors (Lipinski definition) is 5. The summed E-state index contributed by atoms with van der Waals surface area (Å²) in [5, 5.41) is 9.46. The Hall–Kier alpha value is -2.23. The lowest BCUT2D eigenvalue weighted by atomic mass is 10.4. The molecule has 0 aliphatic carbocycles. The average molecular weight is 360 g/mol. The molecule has 2 aromatic heterocycles. The Morgan fingerprint density at radius 2 is 2.29 bits per heavy atom. The van der Waals surface area contributed by atoms with Gasteiger partial charge in [0.2, 0.25) is 11.7 Å². The third-order valence-electron chi connectivity index (χ3n) is 2.88. The van der Waals surface area contributed by atoms with Gasteiger partial charge in [0, 0.05) is 6.54 Å². The van der Waals surface area contributed by atoms with Gasteiger partial charge in [0.05, 0.1) is 11.5 Å². The summed E-state index contributed by atoms with van der Waals surface area (Å²) in [6.07, 6.45) is -1.34. The first-order chi connectivity index (χ1) is 11.3. The fourth-order valence-corrected chi connectivity index (χ4v) is 2.68. The van der Waals surface area contributed by atoms with Crippen LogP contribution < -0.4 is 5.32 Å². The van der Waals surface area contributed by atoms with Crippen LogP contribution in [0.5, 0.6) is 0 Å². The minimum absolute atomic E-state index is 0.363. The van der Waals surface area contributed by atoms with Crippen LogP contribution in [0.1, 0.15) is 6.92 Å². The Bertz CT molecular complexity index is 697. The lowest BCUT2D eigenvalue weighted by molar-refractivity contribution is -0.137. The summed E-state index contributed by atoms with van der Waals surface area (Å²) >= 11 is 1.01. The second-order valence-electron chi connectivity index (χ2n) is 4.78. The second-order valence-corrected chi connectivity index (χ2v) is 6.08. The second kappa shape index (κ2) is 7.56. The number of amides is 1. The highest BCUT2D eigenvalue weighted by atomic mass is 32.2. The number of thioether (sulfide) groups is 1. The molecule has 0 saturated heterocycles. The van der Waals surface area contributed by atoms with Crippen molar-refractivity contribution in [3.8, 4) is 11.6 Å². The lowest BCUT2D eigenvalue weighted by Crippen LogP contribution is -2.38. The van der Waals surface area contributed by atoms with Gasteiger partial charge in [-0.05, 0) is 19.1 Å². The molecule has 130 valence electrons. The first kappa shape index (κ1) is 18.1. The quantitative estimate of drug-likeness (QED) is 0.607. The van der Waals surface area contributed by atoms with Crippen LogP contribution in [0.2, 0.25) is 0 Å². The molecule has 1 N–H and O–H groups in total. The Balaban J connectivity index is 2.11. The zero-order valence-corrected chi connectivity index (χ0v) is 13.5. The van der Waals surface area contributed by atoms with Crippen LogP contribution >= 0.6 is 11.8 Å². The monoisotopic (exact) mass is 360 g/mol. The van der Waals surface area contributed by atoms with Gasteiger partial charge in [-0.1, -0.05) is 17.8 Å². The number of carbonyl (C=O) groups is 1. The van der Waals surface area contributed by atoms with Crippen molar-refractivity contribution in [1.82, 2.24) is 20.1 Å². The summed E-state index contributed by atoms with van der Waals surface area (Å²) in [4.78, 5) is 11.8. The number of allylic oxidation sites excluding steroid dienone is 1. The molecule has 0 saturated carbocycles. The van der Waals surface area contributed by atoms with E-state index < -0.39 is 23.9 Å². The molecule has 2 heterocycles. The van der Waals surface area contributed by atoms with Gasteiger partial charge in [-0.25, -0.2) is 0 Å². The van der Waals surface area contributed by atoms with Crippen molar-refractivity contribution in [3.05, 3.63) is 31.1 Å². The van der Waals surface area contributed by atoms with E-state index in [4.69, 9.17) is 4.42 Å². The van der Waals surface area contributed by atoms with Gasteiger partial charge < -0.3 is 9.73 Å². The van der Waals surface area contributed by atoms with E-state index in [1.54, 1.807) is 22.8 Å². The lowest BCUT2D eigenvalue weighted by Gasteiger charge is -2.13. The Morgan fingerprint density at radius 1 is 1.54 bits per heavy atom. The fraction of sp³-hybridized carbons (Fsp3) is 0.357. The summed E-state index contributed by atoms with van der Waals surface area (Å²) in [5.41, 5.74) is 0. The van der Waals surface area contributed by atoms with E-state index in [9.17, 15) is 18.0 Å². The molecular formula is C14H15F3N4O2S. The summed E-state index contributed by atoms with van der Waals surface area (Å²) in [6.45, 7) is 4.14. The predicted molar refractivity (Wildman–Crippen MR) is 82.3 cm³/mol. The molecule has 0 spiro atoms. The Morgan fingerprint density at radius 3 is 2.88 bits per heavy atom. The van der Waals surface area contributed by atoms with E-state index in [1.807, 2.05) is 5.32 Å². The molecule has 0 aliphatic heterocycles. The third kappa shape index (κ3) is 4.63. The molecule has 0 bridgehead atoms. The van der Waals surface area contributed by atoms with E-state index in [0.717, 1.165) is 11.8 Å². The number of hydrogen-bond donors (Lipinski definition) is 1. The molecule has 0 radical (unpaired) electrons. The number of rotatable bonds is 7. The van der Waals surface area contributed by atoms with E-state index >= 15 is 0 Å². The largest absolute Gasteiger partial charge is 0.461 e. The van der Waals surface area contributed by atoms with Gasteiger partial charge >= 0.3 is 6.18 Å². The van der Waals surface area contributed by atoms with Crippen LogP contribution in [0.15, 0.2) is 40.6 Å². The normalized spacial score (nSPS) is 12.8. The minimum atomic E-state index is -4.45. The number of alkyl halides is 3. The van der Waals surface area contributed by atoms with Crippen molar-refractivity contribution in [1.29, 1.82) is 0 Å². The number of halogens is 3. The third-order valence-corrected chi connectivity index (χ3v) is 3.97. The van der Waals surface area contributed by atoms with Crippen LogP contribution in [0.25, 0.3) is 11.6 Å². The molecule has 0 aliphatic rings. The molecule has 2 aromatic rings. The number of furan rings is 1. The van der Waals surface area contributed by atoms with Crippen LogP contribution in [0.3, 0.4) is 0 Å². The topological polar surface area (TPSA) is 73.0 Å². The van der Waals surface area contributed by atoms with Crippen molar-refractivity contribution < 1.29 is 22.4 Å². The Labute approximate surface area is 140 Å². The summed E-state index contributed by atoms with van der Waals surface area (Å²) in [7, 11) is 0. The SMILES string of the molecule is C=CCn1c(SC(C)C(=O)NCC(F)(F)F)nnc1-c1ccco1. The smallest absolute Gasteiger partial charge is 0.405 e. The van der Waals surface area contributed by atoms with Crippen molar-refractivity contribution in [2.24, 2.45) is 0 Å². The Kier molecular flexibility index (Phi) is 5.71. The van der Waals surface area contributed by atoms with Crippen molar-refractivity contribution in [2.45, 2.75) is 30.1 Å². The van der Waals surface area contributed by atoms with E-state index in [2.05, 4.69) is 16.8 Å². The van der Waals surface area contributed by atoms with Gasteiger partial charge in [-0.15, -0.1) is 16.8 Å². The zero-order chi connectivity index (χ0) is 17.7. The molecule has 1 unspecified atom stereocenters. The van der Waals surface area contributed by atoms with Crippen molar-refractivity contribution in [3.63, 3.8) is 0 Å². The maximum absolute atomic E-state index is 12.2. The number of aromatic nitrogens is 3. The molecule has 1 atom stereocenters. The van der Waals surface area contributed by atoms with Gasteiger partial charge in [0.25, 0.3) is 0 Å². The summed E-state index contributed by atoms with van der Waals surface area (Å²) in [5.74, 6) is 0.209. The first-order valence-electron chi connectivity index (χ1n) is 6.91.